The van der Waals surface area contributed by atoms with Crippen LogP contribution in [0.1, 0.15) is 41.6 Å². The van der Waals surface area contributed by atoms with E-state index in [9.17, 15) is 9.59 Å². The molecule has 0 radical (unpaired) electrons. The zero-order valence-electron chi connectivity index (χ0n) is 18.2. The first-order chi connectivity index (χ1) is 15.6. The number of nitrogens with one attached hydrogen (secondary N) is 2. The van der Waals surface area contributed by atoms with Crippen LogP contribution in [0.25, 0.3) is 0 Å². The molecule has 0 spiro atoms. The quantitative estimate of drug-likeness (QED) is 0.659. The molecule has 0 bridgehead atoms. The molecule has 0 aliphatic carbocycles. The molecule has 6 nitrogen and oxygen atoms in total. The maximum Gasteiger partial charge on any atom is 0.253 e. The summed E-state index contributed by atoms with van der Waals surface area (Å²) in [5.74, 6) is -0.270. The number of carbonyl (C=O) groups excluding carboxylic acids is 2. The molecule has 2 aliphatic rings. The molecule has 2 amide bonds. The summed E-state index contributed by atoms with van der Waals surface area (Å²) in [5.41, 5.74) is 2.23. The highest BCUT2D eigenvalue weighted by Crippen LogP contribution is 2.23. The lowest BCUT2D eigenvalue weighted by molar-refractivity contribution is -0.121. The van der Waals surface area contributed by atoms with E-state index >= 15 is 0 Å². The first-order valence-electron chi connectivity index (χ1n) is 11.3. The molecule has 2 fully saturated rings. The molecule has 2 aromatic rings. The number of nitrogens with zero attached hydrogens (tertiary/aromatic N) is 1. The molecule has 2 N–H and O–H groups in total. The average Bonchev–Trinajstić information content (AvgIpc) is 3.32. The van der Waals surface area contributed by atoms with Crippen molar-refractivity contribution in [2.24, 2.45) is 5.92 Å². The van der Waals surface area contributed by atoms with Gasteiger partial charge >= 0.3 is 0 Å². The van der Waals surface area contributed by atoms with Crippen molar-refractivity contribution in [2.75, 3.05) is 31.6 Å². The van der Waals surface area contributed by atoms with Gasteiger partial charge in [0.25, 0.3) is 5.91 Å². The van der Waals surface area contributed by atoms with Crippen molar-refractivity contribution in [3.63, 3.8) is 0 Å². The van der Waals surface area contributed by atoms with Gasteiger partial charge in [0.05, 0.1) is 17.4 Å². The number of amides is 2. The molecule has 2 aromatic carbocycles. The van der Waals surface area contributed by atoms with Crippen molar-refractivity contribution < 1.29 is 14.3 Å². The molecule has 2 saturated heterocycles. The van der Waals surface area contributed by atoms with Crippen LogP contribution < -0.4 is 10.6 Å². The second-order valence-corrected chi connectivity index (χ2v) is 9.00. The Bertz CT molecular complexity index is 938. The summed E-state index contributed by atoms with van der Waals surface area (Å²) in [6, 6.07) is 15.1. The highest BCUT2D eigenvalue weighted by molar-refractivity contribution is 6.30. The number of ether oxygens (including phenoxy) is 1. The molecule has 170 valence electrons. The first-order valence-corrected chi connectivity index (χ1v) is 11.7. The van der Waals surface area contributed by atoms with Gasteiger partial charge in [0.15, 0.2) is 0 Å². The van der Waals surface area contributed by atoms with Gasteiger partial charge in [-0.3, -0.25) is 14.5 Å². The molecule has 0 unspecified atom stereocenters. The highest BCUT2D eigenvalue weighted by atomic mass is 35.5. The van der Waals surface area contributed by atoms with Crippen molar-refractivity contribution in [1.29, 1.82) is 0 Å². The molecule has 0 aromatic heterocycles. The van der Waals surface area contributed by atoms with Gasteiger partial charge in [0.2, 0.25) is 5.91 Å². The summed E-state index contributed by atoms with van der Waals surface area (Å²) in [4.78, 5) is 28.0. The minimum Gasteiger partial charge on any atom is -0.376 e. The molecule has 2 heterocycles. The Hall–Kier alpha value is -2.41. The fourth-order valence-electron chi connectivity index (χ4n) is 4.38. The van der Waals surface area contributed by atoms with Crippen LogP contribution in [-0.2, 0) is 16.1 Å². The van der Waals surface area contributed by atoms with Gasteiger partial charge in [0, 0.05) is 30.6 Å². The van der Waals surface area contributed by atoms with Crippen molar-refractivity contribution in [3.8, 4) is 0 Å². The van der Waals surface area contributed by atoms with Gasteiger partial charge < -0.3 is 15.4 Å². The van der Waals surface area contributed by atoms with Crippen LogP contribution in [0.4, 0.5) is 5.69 Å². The summed E-state index contributed by atoms with van der Waals surface area (Å²) >= 11 is 6.09. The summed E-state index contributed by atoms with van der Waals surface area (Å²) in [5, 5.41) is 6.68. The highest BCUT2D eigenvalue weighted by Gasteiger charge is 2.26. The second-order valence-electron chi connectivity index (χ2n) is 8.56. The zero-order valence-corrected chi connectivity index (χ0v) is 18.9. The molecule has 7 heteroatoms. The molecule has 4 rings (SSSR count). The van der Waals surface area contributed by atoms with E-state index in [-0.39, 0.29) is 23.8 Å². The van der Waals surface area contributed by atoms with Gasteiger partial charge in [-0.1, -0.05) is 35.9 Å². The van der Waals surface area contributed by atoms with E-state index in [1.54, 1.807) is 12.1 Å². The number of halogens is 1. The van der Waals surface area contributed by atoms with Crippen LogP contribution >= 0.6 is 11.6 Å². The smallest absolute Gasteiger partial charge is 0.253 e. The Labute approximate surface area is 194 Å². The number of hydrogen-bond donors (Lipinski definition) is 2. The lowest BCUT2D eigenvalue weighted by Gasteiger charge is -2.31. The Morgan fingerprint density at radius 3 is 2.62 bits per heavy atom. The predicted molar refractivity (Wildman–Crippen MR) is 126 cm³/mol. The molecule has 1 atom stereocenters. The van der Waals surface area contributed by atoms with Crippen LogP contribution in [0.5, 0.6) is 0 Å². The van der Waals surface area contributed by atoms with Crippen molar-refractivity contribution in [1.82, 2.24) is 10.2 Å². The molecule has 0 saturated carbocycles. The number of carbonyl (C=O) groups is 2. The first kappa shape index (κ1) is 22.8. The van der Waals surface area contributed by atoms with Crippen LogP contribution in [0.15, 0.2) is 48.5 Å². The Balaban J connectivity index is 1.29. The maximum absolute atomic E-state index is 12.9. The van der Waals surface area contributed by atoms with Crippen LogP contribution in [0, 0.1) is 5.92 Å². The minimum absolute atomic E-state index is 0.0215. The number of benzene rings is 2. The lowest BCUT2D eigenvalue weighted by atomic mass is 9.95. The molecular weight excluding hydrogens is 426 g/mol. The van der Waals surface area contributed by atoms with Gasteiger partial charge in [-0.05, 0) is 68.6 Å². The van der Waals surface area contributed by atoms with Crippen molar-refractivity contribution in [3.05, 3.63) is 64.7 Å². The second kappa shape index (κ2) is 10.9. The van der Waals surface area contributed by atoms with E-state index in [1.165, 1.54) is 5.56 Å². The number of anilines is 1. The molecule has 2 aliphatic heterocycles. The topological polar surface area (TPSA) is 70.7 Å². The van der Waals surface area contributed by atoms with E-state index in [4.69, 9.17) is 16.3 Å². The van der Waals surface area contributed by atoms with Crippen LogP contribution in [0.2, 0.25) is 5.02 Å². The van der Waals surface area contributed by atoms with Crippen LogP contribution in [-0.4, -0.2) is 49.1 Å². The largest absolute Gasteiger partial charge is 0.376 e. The van der Waals surface area contributed by atoms with Gasteiger partial charge in [-0.2, -0.15) is 0 Å². The van der Waals surface area contributed by atoms with Crippen molar-refractivity contribution >= 4 is 29.1 Å². The Morgan fingerprint density at radius 2 is 1.88 bits per heavy atom. The third-order valence-corrected chi connectivity index (χ3v) is 6.43. The number of likely N-dealkylation sites (tertiary alicyclic amines) is 1. The standard InChI is InChI=1S/C25H30ClN3O3/c26-20-6-3-5-18(15-20)17-29-12-10-19(11-13-29)24(30)28-23-9-2-1-8-22(23)25(31)27-16-21-7-4-14-32-21/h1-3,5-6,8-9,15,19,21H,4,7,10-14,16-17H2,(H,27,31)(H,28,30)/t21-/m1/s1. The number of para-hydroxylation sites is 1. The number of rotatable bonds is 7. The monoisotopic (exact) mass is 455 g/mol. The Kier molecular flexibility index (Phi) is 7.79. The molecule has 32 heavy (non-hydrogen) atoms. The third kappa shape index (κ3) is 6.09. The van der Waals surface area contributed by atoms with Crippen LogP contribution in [0.3, 0.4) is 0 Å². The summed E-state index contributed by atoms with van der Waals surface area (Å²) in [7, 11) is 0. The fourth-order valence-corrected chi connectivity index (χ4v) is 4.59. The lowest BCUT2D eigenvalue weighted by Crippen LogP contribution is -2.38. The average molecular weight is 456 g/mol. The predicted octanol–water partition coefficient (Wildman–Crippen LogP) is 4.10. The van der Waals surface area contributed by atoms with Crippen molar-refractivity contribution in [2.45, 2.75) is 38.3 Å². The Morgan fingerprint density at radius 1 is 1.06 bits per heavy atom. The van der Waals surface area contributed by atoms with E-state index in [0.29, 0.717) is 17.8 Å². The fraction of sp³-hybridized carbons (Fsp3) is 0.440. The minimum atomic E-state index is -0.187. The maximum atomic E-state index is 12.9. The van der Waals surface area contributed by atoms with E-state index in [0.717, 1.165) is 56.9 Å². The zero-order chi connectivity index (χ0) is 22.3. The normalized spacial score (nSPS) is 19.6. The summed E-state index contributed by atoms with van der Waals surface area (Å²) in [6.45, 7) is 3.79. The molecular formula is C25H30ClN3O3. The number of hydrogen-bond acceptors (Lipinski definition) is 4. The van der Waals surface area contributed by atoms with E-state index < -0.39 is 0 Å². The summed E-state index contributed by atoms with van der Waals surface area (Å²) < 4.78 is 5.57. The van der Waals surface area contributed by atoms with Gasteiger partial charge in [-0.15, -0.1) is 0 Å². The van der Waals surface area contributed by atoms with E-state index in [2.05, 4.69) is 21.6 Å². The summed E-state index contributed by atoms with van der Waals surface area (Å²) in [6.07, 6.45) is 3.66. The SMILES string of the molecule is O=C(NC[C@H]1CCCO1)c1ccccc1NC(=O)C1CCN(Cc2cccc(Cl)c2)CC1. The number of piperidine rings is 1. The van der Waals surface area contributed by atoms with E-state index in [1.807, 2.05) is 30.3 Å². The third-order valence-electron chi connectivity index (χ3n) is 6.20. The van der Waals surface area contributed by atoms with Gasteiger partial charge in [-0.25, -0.2) is 0 Å². The van der Waals surface area contributed by atoms with Gasteiger partial charge in [0.1, 0.15) is 0 Å².